The summed E-state index contributed by atoms with van der Waals surface area (Å²) in [6.07, 6.45) is 4.38. The molecule has 2 fully saturated rings. The number of hydrogen-bond acceptors (Lipinski definition) is 6. The van der Waals surface area contributed by atoms with Crippen molar-refractivity contribution < 1.29 is 9.59 Å². The molecule has 2 saturated heterocycles. The predicted molar refractivity (Wildman–Crippen MR) is 130 cm³/mol. The molecular formula is C25H27N5O2S. The van der Waals surface area contributed by atoms with E-state index >= 15 is 0 Å². The SMILES string of the molecule is O=C(Nc1ccc(C2CCN(C(=O)c3ccsc3)CC2)cc1)C1CCN(c2cccnn2)C1. The Bertz CT molecular complexity index is 1080. The van der Waals surface area contributed by atoms with Gasteiger partial charge in [-0.15, -0.1) is 5.10 Å². The van der Waals surface area contributed by atoms with Gasteiger partial charge in [-0.3, -0.25) is 9.59 Å². The number of nitrogens with one attached hydrogen (secondary N) is 1. The molecule has 2 aromatic heterocycles. The molecule has 0 bridgehead atoms. The van der Waals surface area contributed by atoms with Gasteiger partial charge in [-0.25, -0.2) is 0 Å². The highest BCUT2D eigenvalue weighted by molar-refractivity contribution is 7.08. The van der Waals surface area contributed by atoms with E-state index in [0.29, 0.717) is 12.5 Å². The van der Waals surface area contributed by atoms with E-state index in [1.165, 1.54) is 5.56 Å². The predicted octanol–water partition coefficient (Wildman–Crippen LogP) is 4.02. The van der Waals surface area contributed by atoms with Gasteiger partial charge >= 0.3 is 0 Å². The molecule has 2 aliphatic rings. The average molecular weight is 462 g/mol. The zero-order chi connectivity index (χ0) is 22.6. The van der Waals surface area contributed by atoms with Gasteiger partial charge in [-0.2, -0.15) is 16.4 Å². The highest BCUT2D eigenvalue weighted by Gasteiger charge is 2.29. The fourth-order valence-corrected chi connectivity index (χ4v) is 5.34. The van der Waals surface area contributed by atoms with Gasteiger partial charge in [-0.05, 0) is 66.5 Å². The van der Waals surface area contributed by atoms with Gasteiger partial charge in [0.1, 0.15) is 0 Å². The monoisotopic (exact) mass is 461 g/mol. The minimum Gasteiger partial charge on any atom is -0.354 e. The van der Waals surface area contributed by atoms with Crippen molar-refractivity contribution in [3.8, 4) is 0 Å². The quantitative estimate of drug-likeness (QED) is 0.621. The highest BCUT2D eigenvalue weighted by atomic mass is 32.1. The third-order valence-electron chi connectivity index (χ3n) is 6.64. The zero-order valence-corrected chi connectivity index (χ0v) is 19.2. The number of hydrogen-bond donors (Lipinski definition) is 1. The molecule has 8 heteroatoms. The summed E-state index contributed by atoms with van der Waals surface area (Å²) in [7, 11) is 0. The second-order valence-corrected chi connectivity index (χ2v) is 9.48. The third-order valence-corrected chi connectivity index (χ3v) is 7.32. The Morgan fingerprint density at radius 3 is 2.52 bits per heavy atom. The van der Waals surface area contributed by atoms with Crippen molar-refractivity contribution in [3.05, 3.63) is 70.5 Å². The molecule has 0 spiro atoms. The third kappa shape index (κ3) is 4.90. The maximum atomic E-state index is 12.8. The summed E-state index contributed by atoms with van der Waals surface area (Å²) < 4.78 is 0. The normalized spacial score (nSPS) is 19.0. The van der Waals surface area contributed by atoms with Gasteiger partial charge in [-0.1, -0.05) is 12.1 Å². The molecule has 7 nitrogen and oxygen atoms in total. The van der Waals surface area contributed by atoms with Crippen molar-refractivity contribution in [2.45, 2.75) is 25.2 Å². The minimum atomic E-state index is -0.0585. The lowest BCUT2D eigenvalue weighted by Gasteiger charge is -2.32. The second kappa shape index (κ2) is 9.70. The molecule has 1 atom stereocenters. The van der Waals surface area contributed by atoms with Gasteiger partial charge in [0.25, 0.3) is 5.91 Å². The summed E-state index contributed by atoms with van der Waals surface area (Å²) in [6, 6.07) is 13.9. The summed E-state index contributed by atoms with van der Waals surface area (Å²) in [5.74, 6) is 1.39. The van der Waals surface area contributed by atoms with E-state index in [4.69, 9.17) is 0 Å². The Kier molecular flexibility index (Phi) is 6.35. The second-order valence-electron chi connectivity index (χ2n) is 8.70. The van der Waals surface area contributed by atoms with E-state index in [2.05, 4.69) is 32.5 Å². The number of nitrogens with zero attached hydrogens (tertiary/aromatic N) is 4. The maximum Gasteiger partial charge on any atom is 0.254 e. The summed E-state index contributed by atoms with van der Waals surface area (Å²) in [4.78, 5) is 29.4. The van der Waals surface area contributed by atoms with Crippen LogP contribution in [0.25, 0.3) is 0 Å². The van der Waals surface area contributed by atoms with Crippen LogP contribution < -0.4 is 10.2 Å². The molecule has 4 heterocycles. The van der Waals surface area contributed by atoms with Crippen LogP contribution in [0.5, 0.6) is 0 Å². The van der Waals surface area contributed by atoms with Gasteiger partial charge in [0.2, 0.25) is 5.91 Å². The maximum absolute atomic E-state index is 12.8. The van der Waals surface area contributed by atoms with Crippen molar-refractivity contribution in [2.24, 2.45) is 5.92 Å². The van der Waals surface area contributed by atoms with E-state index in [1.54, 1.807) is 17.5 Å². The summed E-state index contributed by atoms with van der Waals surface area (Å²) in [5.41, 5.74) is 2.89. The number of thiophene rings is 1. The molecule has 1 unspecified atom stereocenters. The number of carbonyl (C=O) groups is 2. The molecule has 5 rings (SSSR count). The van der Waals surface area contributed by atoms with Crippen molar-refractivity contribution >= 4 is 34.7 Å². The van der Waals surface area contributed by atoms with Gasteiger partial charge in [0.05, 0.1) is 11.5 Å². The number of carbonyl (C=O) groups excluding carboxylic acids is 2. The average Bonchev–Trinajstić information content (AvgIpc) is 3.58. The standard InChI is InChI=1S/C25H27N5O2S/c31-24(20-9-14-30(16-20)23-2-1-11-26-28-23)27-22-5-3-18(4-6-22)19-7-12-29(13-8-19)25(32)21-10-15-33-17-21/h1-6,10-11,15,17,19-20H,7-9,12-14,16H2,(H,27,31). The summed E-state index contributed by atoms with van der Waals surface area (Å²) >= 11 is 1.56. The number of rotatable bonds is 5. The van der Waals surface area contributed by atoms with Crippen molar-refractivity contribution in [1.82, 2.24) is 15.1 Å². The fourth-order valence-electron chi connectivity index (χ4n) is 4.71. The smallest absolute Gasteiger partial charge is 0.254 e. The highest BCUT2D eigenvalue weighted by Crippen LogP contribution is 2.30. The van der Waals surface area contributed by atoms with Crippen molar-refractivity contribution in [3.63, 3.8) is 0 Å². The molecular weight excluding hydrogens is 434 g/mol. The van der Waals surface area contributed by atoms with Gasteiger partial charge < -0.3 is 15.1 Å². The Morgan fingerprint density at radius 2 is 1.82 bits per heavy atom. The van der Waals surface area contributed by atoms with E-state index in [1.807, 2.05) is 46.0 Å². The number of likely N-dealkylation sites (tertiary alicyclic amines) is 1. The lowest BCUT2D eigenvalue weighted by molar-refractivity contribution is -0.119. The Morgan fingerprint density at radius 1 is 1.00 bits per heavy atom. The first-order valence-corrected chi connectivity index (χ1v) is 12.4. The molecule has 0 radical (unpaired) electrons. The van der Waals surface area contributed by atoms with Crippen LogP contribution in [0.15, 0.2) is 59.4 Å². The molecule has 2 aliphatic heterocycles. The lowest BCUT2D eigenvalue weighted by Crippen LogP contribution is -2.37. The van der Waals surface area contributed by atoms with Crippen LogP contribution >= 0.6 is 11.3 Å². The Balaban J connectivity index is 1.12. The molecule has 3 aromatic rings. The van der Waals surface area contributed by atoms with Crippen LogP contribution in [0.2, 0.25) is 0 Å². The zero-order valence-electron chi connectivity index (χ0n) is 18.4. The summed E-state index contributed by atoms with van der Waals surface area (Å²) in [6.45, 7) is 3.03. The Labute approximate surface area is 197 Å². The number of benzene rings is 1. The molecule has 170 valence electrons. The molecule has 0 aliphatic carbocycles. The first-order chi connectivity index (χ1) is 16.2. The molecule has 2 amide bonds. The number of amides is 2. The fraction of sp³-hybridized carbons (Fsp3) is 0.360. The molecule has 1 N–H and O–H groups in total. The van der Waals surface area contributed by atoms with Gasteiger partial charge in [0, 0.05) is 43.4 Å². The molecule has 33 heavy (non-hydrogen) atoms. The van der Waals surface area contributed by atoms with Crippen LogP contribution in [0.4, 0.5) is 11.5 Å². The topological polar surface area (TPSA) is 78.4 Å². The molecule has 1 aromatic carbocycles. The van der Waals surface area contributed by atoms with Crippen molar-refractivity contribution in [1.29, 1.82) is 0 Å². The first-order valence-electron chi connectivity index (χ1n) is 11.4. The summed E-state index contributed by atoms with van der Waals surface area (Å²) in [5, 5.41) is 15.0. The van der Waals surface area contributed by atoms with Crippen LogP contribution in [-0.4, -0.2) is 53.1 Å². The Hall–Kier alpha value is -3.26. The minimum absolute atomic E-state index is 0.0504. The molecule has 0 saturated carbocycles. The number of aromatic nitrogens is 2. The van der Waals surface area contributed by atoms with Crippen molar-refractivity contribution in [2.75, 3.05) is 36.4 Å². The van der Waals surface area contributed by atoms with Gasteiger partial charge in [0.15, 0.2) is 5.82 Å². The van der Waals surface area contributed by atoms with Crippen LogP contribution in [-0.2, 0) is 4.79 Å². The van der Waals surface area contributed by atoms with Crippen LogP contribution in [0.1, 0.15) is 41.1 Å². The largest absolute Gasteiger partial charge is 0.354 e. The first kappa shape index (κ1) is 21.6. The van der Waals surface area contributed by atoms with E-state index < -0.39 is 0 Å². The van der Waals surface area contributed by atoms with Crippen LogP contribution in [0.3, 0.4) is 0 Å². The number of anilines is 2. The van der Waals surface area contributed by atoms with E-state index in [-0.39, 0.29) is 17.7 Å². The van der Waals surface area contributed by atoms with E-state index in [0.717, 1.165) is 56.0 Å². The lowest BCUT2D eigenvalue weighted by atomic mass is 9.89. The number of piperidine rings is 1. The van der Waals surface area contributed by atoms with E-state index in [9.17, 15) is 9.59 Å². The van der Waals surface area contributed by atoms with Crippen LogP contribution in [0, 0.1) is 5.92 Å².